The van der Waals surface area contributed by atoms with Gasteiger partial charge in [0.15, 0.2) is 10.9 Å². The third kappa shape index (κ3) is 5.20. The normalized spacial score (nSPS) is 11.1. The number of ketones is 1. The Labute approximate surface area is 199 Å². The third-order valence-electron chi connectivity index (χ3n) is 4.84. The number of Topliss-reactive ketones (excluding diaryl/α,β-unsaturated/α-hetero) is 1. The number of carbonyl (C=O) groups excluding carboxylic acids is 2. The molecule has 0 saturated carbocycles. The number of aromatic nitrogens is 3. The second-order valence-corrected chi connectivity index (χ2v) is 9.79. The quantitative estimate of drug-likeness (QED) is 0.201. The molecule has 32 heavy (non-hydrogen) atoms. The zero-order chi connectivity index (χ0) is 22.5. The topological polar surface area (TPSA) is 76.9 Å². The minimum absolute atomic E-state index is 0.00609. The Hall–Kier alpha value is -2.68. The first kappa shape index (κ1) is 22.5. The number of fused-ring (bicyclic) bond motifs is 1. The molecule has 164 valence electrons. The van der Waals surface area contributed by atoms with Crippen LogP contribution in [-0.2, 0) is 11.2 Å². The summed E-state index contributed by atoms with van der Waals surface area (Å²) in [4.78, 5) is 24.4. The number of carbonyl (C=O) groups is 2. The number of halogens is 1. The zero-order valence-corrected chi connectivity index (χ0v) is 19.8. The van der Waals surface area contributed by atoms with E-state index in [2.05, 4.69) is 33.7 Å². The van der Waals surface area contributed by atoms with Gasteiger partial charge in [0.25, 0.3) is 0 Å². The summed E-state index contributed by atoms with van der Waals surface area (Å²) < 4.78 is 2.62. The average Bonchev–Trinajstić information content (AvgIpc) is 3.40. The number of benzene rings is 2. The van der Waals surface area contributed by atoms with Crippen molar-refractivity contribution < 1.29 is 9.59 Å². The molecule has 2 aromatic carbocycles. The predicted octanol–water partition coefficient (Wildman–Crippen LogP) is 5.18. The van der Waals surface area contributed by atoms with E-state index >= 15 is 0 Å². The van der Waals surface area contributed by atoms with Crippen LogP contribution in [-0.4, -0.2) is 38.8 Å². The minimum Gasteiger partial charge on any atom is -0.356 e. The van der Waals surface area contributed by atoms with Crippen LogP contribution in [0.5, 0.6) is 0 Å². The van der Waals surface area contributed by atoms with Crippen LogP contribution in [0.3, 0.4) is 0 Å². The molecule has 0 radical (unpaired) electrons. The summed E-state index contributed by atoms with van der Waals surface area (Å²) in [5.74, 6) is 0.988. The lowest BCUT2D eigenvalue weighted by atomic mass is 10.1. The van der Waals surface area contributed by atoms with Crippen molar-refractivity contribution in [2.24, 2.45) is 0 Å². The van der Waals surface area contributed by atoms with E-state index in [1.807, 2.05) is 28.8 Å². The first-order valence-corrected chi connectivity index (χ1v) is 12.3. The summed E-state index contributed by atoms with van der Waals surface area (Å²) in [5.41, 5.74) is 0.969. The Morgan fingerprint density at radius 3 is 2.69 bits per heavy atom. The van der Waals surface area contributed by atoms with Crippen molar-refractivity contribution in [3.8, 4) is 5.69 Å². The smallest absolute Gasteiger partial charge is 0.216 e. The zero-order valence-electron chi connectivity index (χ0n) is 17.4. The molecule has 9 heteroatoms. The number of thioether (sulfide) groups is 1. The fourth-order valence-corrected chi connectivity index (χ4v) is 5.30. The van der Waals surface area contributed by atoms with Crippen LogP contribution in [0.25, 0.3) is 16.5 Å². The standard InChI is InChI=1S/C23H21ClN4O2S2/c1-15(29)25-13-5-10-22-26-27-23(31-14-19(30)20-11-12-21(24)32-20)28(22)18-9-4-7-16-6-2-3-8-17(16)18/h2-4,6-9,11-12H,5,10,13-14H2,1H3,(H,25,29). The Morgan fingerprint density at radius 1 is 1.09 bits per heavy atom. The molecule has 0 spiro atoms. The van der Waals surface area contributed by atoms with Gasteiger partial charge in [-0.1, -0.05) is 59.8 Å². The van der Waals surface area contributed by atoms with Crippen LogP contribution in [0.1, 0.15) is 28.8 Å². The molecule has 0 aliphatic heterocycles. The number of amides is 1. The predicted molar refractivity (Wildman–Crippen MR) is 130 cm³/mol. The lowest BCUT2D eigenvalue weighted by molar-refractivity contribution is -0.118. The van der Waals surface area contributed by atoms with E-state index < -0.39 is 0 Å². The number of hydrogen-bond acceptors (Lipinski definition) is 6. The summed E-state index contributed by atoms with van der Waals surface area (Å²) in [7, 11) is 0. The molecule has 0 fully saturated rings. The van der Waals surface area contributed by atoms with Crippen molar-refractivity contribution in [3.05, 3.63) is 69.6 Å². The largest absolute Gasteiger partial charge is 0.356 e. The lowest BCUT2D eigenvalue weighted by Gasteiger charge is -2.13. The monoisotopic (exact) mass is 484 g/mol. The molecule has 0 unspecified atom stereocenters. The lowest BCUT2D eigenvalue weighted by Crippen LogP contribution is -2.21. The van der Waals surface area contributed by atoms with E-state index in [0.29, 0.717) is 27.3 Å². The maximum absolute atomic E-state index is 12.6. The molecular formula is C23H21ClN4O2S2. The molecule has 2 heterocycles. The molecule has 6 nitrogen and oxygen atoms in total. The SMILES string of the molecule is CC(=O)NCCCc1nnc(SCC(=O)c2ccc(Cl)s2)n1-c1cccc2ccccc12. The molecule has 1 N–H and O–H groups in total. The highest BCUT2D eigenvalue weighted by Crippen LogP contribution is 2.30. The van der Waals surface area contributed by atoms with Crippen LogP contribution in [0.15, 0.2) is 59.8 Å². The number of hydrogen-bond donors (Lipinski definition) is 1. The van der Waals surface area contributed by atoms with Crippen molar-refractivity contribution in [1.29, 1.82) is 0 Å². The Bertz CT molecular complexity index is 1260. The van der Waals surface area contributed by atoms with E-state index in [9.17, 15) is 9.59 Å². The van der Waals surface area contributed by atoms with Gasteiger partial charge in [-0.25, -0.2) is 0 Å². The number of nitrogens with zero attached hydrogens (tertiary/aromatic N) is 3. The van der Waals surface area contributed by atoms with Gasteiger partial charge in [-0.2, -0.15) is 0 Å². The van der Waals surface area contributed by atoms with Gasteiger partial charge in [0.1, 0.15) is 5.82 Å². The molecule has 4 aromatic rings. The van der Waals surface area contributed by atoms with Crippen molar-refractivity contribution in [2.75, 3.05) is 12.3 Å². The second-order valence-electron chi connectivity index (χ2n) is 7.13. The molecule has 2 aromatic heterocycles. The highest BCUT2D eigenvalue weighted by Gasteiger charge is 2.18. The molecule has 0 aliphatic rings. The van der Waals surface area contributed by atoms with E-state index in [1.165, 1.54) is 30.0 Å². The molecular weight excluding hydrogens is 464 g/mol. The van der Waals surface area contributed by atoms with E-state index in [-0.39, 0.29) is 17.4 Å². The van der Waals surface area contributed by atoms with E-state index in [0.717, 1.165) is 28.7 Å². The van der Waals surface area contributed by atoms with E-state index in [4.69, 9.17) is 11.6 Å². The van der Waals surface area contributed by atoms with Crippen molar-refractivity contribution in [1.82, 2.24) is 20.1 Å². The van der Waals surface area contributed by atoms with Crippen LogP contribution >= 0.6 is 34.7 Å². The summed E-state index contributed by atoms with van der Waals surface area (Å²) >= 11 is 8.61. The highest BCUT2D eigenvalue weighted by molar-refractivity contribution is 7.99. The Morgan fingerprint density at radius 2 is 1.91 bits per heavy atom. The van der Waals surface area contributed by atoms with Gasteiger partial charge in [-0.3, -0.25) is 14.2 Å². The molecule has 0 aliphatic carbocycles. The number of aryl methyl sites for hydroxylation is 1. The van der Waals surface area contributed by atoms with Crippen LogP contribution in [0.2, 0.25) is 4.34 Å². The van der Waals surface area contributed by atoms with Crippen molar-refractivity contribution in [3.63, 3.8) is 0 Å². The molecule has 0 saturated heterocycles. The number of thiophene rings is 1. The Balaban J connectivity index is 1.64. The Kier molecular flexibility index (Phi) is 7.24. The van der Waals surface area contributed by atoms with Gasteiger partial charge in [0.2, 0.25) is 5.91 Å². The van der Waals surface area contributed by atoms with Gasteiger partial charge in [0.05, 0.1) is 20.7 Å². The number of nitrogens with one attached hydrogen (secondary N) is 1. The number of rotatable bonds is 9. The highest BCUT2D eigenvalue weighted by atomic mass is 35.5. The van der Waals surface area contributed by atoms with Crippen molar-refractivity contribution >= 4 is 57.2 Å². The minimum atomic E-state index is -0.0519. The average molecular weight is 485 g/mol. The van der Waals surface area contributed by atoms with Crippen LogP contribution < -0.4 is 5.32 Å². The van der Waals surface area contributed by atoms with Crippen molar-refractivity contribution in [2.45, 2.75) is 24.9 Å². The molecule has 4 rings (SSSR count). The molecule has 1 amide bonds. The first-order valence-electron chi connectivity index (χ1n) is 10.1. The van der Waals surface area contributed by atoms with Gasteiger partial charge in [-0.05, 0) is 30.0 Å². The second kappa shape index (κ2) is 10.3. The summed E-state index contributed by atoms with van der Waals surface area (Å²) in [6, 6.07) is 17.7. The molecule has 0 bridgehead atoms. The van der Waals surface area contributed by atoms with Crippen LogP contribution in [0.4, 0.5) is 0 Å². The third-order valence-corrected chi connectivity index (χ3v) is 7.04. The maximum atomic E-state index is 12.6. The summed E-state index contributed by atoms with van der Waals surface area (Å²) in [6.07, 6.45) is 1.38. The van der Waals surface area contributed by atoms with Gasteiger partial charge in [-0.15, -0.1) is 21.5 Å². The van der Waals surface area contributed by atoms with Gasteiger partial charge < -0.3 is 5.32 Å². The summed E-state index contributed by atoms with van der Waals surface area (Å²) in [5, 5.41) is 14.5. The first-order chi connectivity index (χ1) is 15.5. The van der Waals surface area contributed by atoms with E-state index in [1.54, 1.807) is 12.1 Å². The van der Waals surface area contributed by atoms with Crippen LogP contribution in [0, 0.1) is 0 Å². The van der Waals surface area contributed by atoms with Gasteiger partial charge >= 0.3 is 0 Å². The summed E-state index contributed by atoms with van der Waals surface area (Å²) in [6.45, 7) is 2.07. The fraction of sp³-hybridized carbons (Fsp3) is 0.217. The fourth-order valence-electron chi connectivity index (χ4n) is 3.38. The van der Waals surface area contributed by atoms with Gasteiger partial charge in [0, 0.05) is 25.3 Å². The molecule has 0 atom stereocenters. The maximum Gasteiger partial charge on any atom is 0.216 e.